The number of benzene rings is 2. The van der Waals surface area contributed by atoms with Gasteiger partial charge in [0.15, 0.2) is 0 Å². The van der Waals surface area contributed by atoms with E-state index in [1.54, 1.807) is 60.9 Å². The Kier molecular flexibility index (Phi) is 4.91. The number of Topliss-reactive ketones (excluding diaryl/α,β-unsaturated/α-hetero) is 1. The summed E-state index contributed by atoms with van der Waals surface area (Å²) in [5.41, 5.74) is 1.48. The molecule has 29 heavy (non-hydrogen) atoms. The molecule has 1 atom stereocenters. The molecule has 3 aromatic rings. The van der Waals surface area contributed by atoms with Crippen LogP contribution in [-0.4, -0.2) is 26.7 Å². The zero-order chi connectivity index (χ0) is 20.4. The van der Waals surface area contributed by atoms with Crippen LogP contribution in [0.1, 0.15) is 22.7 Å². The predicted molar refractivity (Wildman–Crippen MR) is 105 cm³/mol. The highest BCUT2D eigenvalue weighted by Crippen LogP contribution is 2.40. The number of pyridine rings is 1. The molecule has 0 radical (unpaired) electrons. The van der Waals surface area contributed by atoms with Crippen LogP contribution < -0.4 is 0 Å². The summed E-state index contributed by atoms with van der Waals surface area (Å²) >= 11 is 0. The molecule has 2 aromatic carbocycles. The molecule has 4 rings (SSSR count). The SMILES string of the molecule is O=C1C(=O)N(Cc2cccnc2)[C@@H](c2cccc(F)c2)C1=C(O)c1ccccc1. The Hall–Kier alpha value is -3.80. The number of hydrogen-bond donors (Lipinski definition) is 1. The first kappa shape index (κ1) is 18.6. The largest absolute Gasteiger partial charge is 0.507 e. The van der Waals surface area contributed by atoms with Gasteiger partial charge in [-0.2, -0.15) is 0 Å². The zero-order valence-electron chi connectivity index (χ0n) is 15.3. The van der Waals surface area contributed by atoms with Crippen LogP contribution in [-0.2, 0) is 16.1 Å². The lowest BCUT2D eigenvalue weighted by Crippen LogP contribution is -2.29. The maximum Gasteiger partial charge on any atom is 0.295 e. The van der Waals surface area contributed by atoms with Gasteiger partial charge in [-0.15, -0.1) is 0 Å². The van der Waals surface area contributed by atoms with Crippen molar-refractivity contribution in [2.24, 2.45) is 0 Å². The third kappa shape index (κ3) is 3.52. The number of aromatic nitrogens is 1. The number of aliphatic hydroxyl groups excluding tert-OH is 1. The fraction of sp³-hybridized carbons (Fsp3) is 0.0870. The van der Waals surface area contributed by atoms with Gasteiger partial charge in [0.25, 0.3) is 11.7 Å². The van der Waals surface area contributed by atoms with Crippen molar-refractivity contribution in [3.8, 4) is 0 Å². The second kappa shape index (κ2) is 7.67. The van der Waals surface area contributed by atoms with E-state index in [1.165, 1.54) is 23.1 Å². The van der Waals surface area contributed by atoms with Crippen LogP contribution in [0.25, 0.3) is 5.76 Å². The number of carbonyl (C=O) groups excluding carboxylic acids is 2. The third-order valence-electron chi connectivity index (χ3n) is 4.83. The molecule has 0 saturated carbocycles. The van der Waals surface area contributed by atoms with E-state index in [1.807, 2.05) is 0 Å². The highest BCUT2D eigenvalue weighted by atomic mass is 19.1. The molecular formula is C23H17FN2O3. The molecule has 5 nitrogen and oxygen atoms in total. The van der Waals surface area contributed by atoms with Gasteiger partial charge in [0, 0.05) is 24.5 Å². The number of carbonyl (C=O) groups is 2. The minimum atomic E-state index is -0.911. The van der Waals surface area contributed by atoms with Gasteiger partial charge in [-0.05, 0) is 29.3 Å². The molecule has 0 bridgehead atoms. The van der Waals surface area contributed by atoms with Crippen LogP contribution in [0.3, 0.4) is 0 Å². The Labute approximate surface area is 166 Å². The van der Waals surface area contributed by atoms with Crippen LogP contribution >= 0.6 is 0 Å². The van der Waals surface area contributed by atoms with Gasteiger partial charge in [-0.1, -0.05) is 48.5 Å². The smallest absolute Gasteiger partial charge is 0.295 e. The lowest BCUT2D eigenvalue weighted by atomic mass is 9.95. The van der Waals surface area contributed by atoms with Crippen LogP contribution in [0.2, 0.25) is 0 Å². The number of amides is 1. The van der Waals surface area contributed by atoms with E-state index in [4.69, 9.17) is 0 Å². The molecule has 1 saturated heterocycles. The van der Waals surface area contributed by atoms with Crippen LogP contribution in [0.5, 0.6) is 0 Å². The molecule has 2 heterocycles. The van der Waals surface area contributed by atoms with Gasteiger partial charge in [0.2, 0.25) is 0 Å². The van der Waals surface area contributed by atoms with Gasteiger partial charge in [-0.3, -0.25) is 14.6 Å². The lowest BCUT2D eigenvalue weighted by Gasteiger charge is -2.25. The van der Waals surface area contributed by atoms with Gasteiger partial charge < -0.3 is 10.0 Å². The summed E-state index contributed by atoms with van der Waals surface area (Å²) in [7, 11) is 0. The number of rotatable bonds is 4. The summed E-state index contributed by atoms with van der Waals surface area (Å²) in [5.74, 6) is -2.33. The monoisotopic (exact) mass is 388 g/mol. The van der Waals surface area contributed by atoms with Gasteiger partial charge in [0.1, 0.15) is 11.6 Å². The van der Waals surface area contributed by atoms with Gasteiger partial charge in [-0.25, -0.2) is 4.39 Å². The van der Waals surface area contributed by atoms with Crippen LogP contribution in [0.15, 0.2) is 84.7 Å². The predicted octanol–water partition coefficient (Wildman–Crippen LogP) is 3.84. The average molecular weight is 388 g/mol. The quantitative estimate of drug-likeness (QED) is 0.419. The van der Waals surface area contributed by atoms with E-state index < -0.39 is 23.5 Å². The first-order chi connectivity index (χ1) is 14.1. The van der Waals surface area contributed by atoms with Crippen molar-refractivity contribution in [3.63, 3.8) is 0 Å². The van der Waals surface area contributed by atoms with Crippen molar-refractivity contribution < 1.29 is 19.1 Å². The van der Waals surface area contributed by atoms with Crippen molar-refractivity contribution in [2.75, 3.05) is 0 Å². The molecule has 144 valence electrons. The molecule has 6 heteroatoms. The first-order valence-corrected chi connectivity index (χ1v) is 9.04. The molecule has 1 N–H and O–H groups in total. The summed E-state index contributed by atoms with van der Waals surface area (Å²) in [4.78, 5) is 31.1. The highest BCUT2D eigenvalue weighted by Gasteiger charge is 2.46. The lowest BCUT2D eigenvalue weighted by molar-refractivity contribution is -0.140. The highest BCUT2D eigenvalue weighted by molar-refractivity contribution is 6.46. The van der Waals surface area contributed by atoms with E-state index >= 15 is 0 Å². The maximum atomic E-state index is 13.9. The van der Waals surface area contributed by atoms with E-state index in [9.17, 15) is 19.1 Å². The Morgan fingerprint density at radius 2 is 1.83 bits per heavy atom. The fourth-order valence-electron chi connectivity index (χ4n) is 3.51. The van der Waals surface area contributed by atoms with E-state index in [0.717, 1.165) is 5.56 Å². The van der Waals surface area contributed by atoms with Crippen molar-refractivity contribution in [3.05, 3.63) is 107 Å². The topological polar surface area (TPSA) is 70.5 Å². The number of ketones is 1. The summed E-state index contributed by atoms with van der Waals surface area (Å²) in [6.45, 7) is 0.102. The molecule has 1 aliphatic rings. The second-order valence-corrected chi connectivity index (χ2v) is 6.71. The van der Waals surface area contributed by atoms with Gasteiger partial charge >= 0.3 is 0 Å². The third-order valence-corrected chi connectivity index (χ3v) is 4.83. The van der Waals surface area contributed by atoms with Crippen LogP contribution in [0.4, 0.5) is 4.39 Å². The molecule has 1 fully saturated rings. The molecule has 1 amide bonds. The van der Waals surface area contributed by atoms with E-state index in [0.29, 0.717) is 11.1 Å². The van der Waals surface area contributed by atoms with Crippen molar-refractivity contribution in [1.82, 2.24) is 9.88 Å². The Morgan fingerprint density at radius 3 is 2.52 bits per heavy atom. The summed E-state index contributed by atoms with van der Waals surface area (Å²) in [6.07, 6.45) is 3.20. The molecule has 0 unspecified atom stereocenters. The molecule has 1 aliphatic heterocycles. The minimum Gasteiger partial charge on any atom is -0.507 e. The average Bonchev–Trinajstić information content (AvgIpc) is 2.99. The van der Waals surface area contributed by atoms with Crippen molar-refractivity contribution in [2.45, 2.75) is 12.6 Å². The second-order valence-electron chi connectivity index (χ2n) is 6.71. The Morgan fingerprint density at radius 1 is 1.03 bits per heavy atom. The summed E-state index contributed by atoms with van der Waals surface area (Å²) < 4.78 is 13.9. The number of aliphatic hydroxyl groups is 1. The van der Waals surface area contributed by atoms with Crippen molar-refractivity contribution >= 4 is 17.4 Å². The minimum absolute atomic E-state index is 0.0595. The number of halogens is 1. The normalized spacial score (nSPS) is 18.2. The maximum absolute atomic E-state index is 13.9. The summed E-state index contributed by atoms with van der Waals surface area (Å²) in [5, 5.41) is 10.9. The van der Waals surface area contributed by atoms with Crippen molar-refractivity contribution in [1.29, 1.82) is 0 Å². The molecular weight excluding hydrogens is 371 g/mol. The number of likely N-dealkylation sites (tertiary alicyclic amines) is 1. The molecule has 0 aliphatic carbocycles. The number of hydrogen-bond acceptors (Lipinski definition) is 4. The van der Waals surface area contributed by atoms with Crippen LogP contribution in [0, 0.1) is 5.82 Å². The molecule has 0 spiro atoms. The first-order valence-electron chi connectivity index (χ1n) is 9.04. The van der Waals surface area contributed by atoms with Gasteiger partial charge in [0.05, 0.1) is 11.6 Å². The Balaban J connectivity index is 1.87. The molecule has 1 aromatic heterocycles. The standard InChI is InChI=1S/C23H17FN2O3/c24-18-10-4-9-17(12-18)20-19(21(27)16-7-2-1-3-8-16)22(28)23(29)26(20)14-15-6-5-11-25-13-15/h1-13,20,27H,14H2/t20-/m0/s1. The number of nitrogens with zero attached hydrogens (tertiary/aromatic N) is 2. The zero-order valence-corrected chi connectivity index (χ0v) is 15.3. The van der Waals surface area contributed by atoms with E-state index in [-0.39, 0.29) is 17.9 Å². The summed E-state index contributed by atoms with van der Waals surface area (Å²) in [6, 6.07) is 16.8. The fourth-order valence-corrected chi connectivity index (χ4v) is 3.51. The Bertz CT molecular complexity index is 1100. The van der Waals surface area contributed by atoms with E-state index in [2.05, 4.69) is 4.98 Å².